The number of aryl methyl sites for hydroxylation is 3. The van der Waals surface area contributed by atoms with E-state index in [4.69, 9.17) is 5.11 Å². The molecule has 0 bridgehead atoms. The molecule has 33 heavy (non-hydrogen) atoms. The Balaban J connectivity index is 0.000000294. The largest absolute Gasteiger partial charge is 0.508 e. The summed E-state index contributed by atoms with van der Waals surface area (Å²) in [5.74, 6) is 2.14. The molecule has 0 aliphatic heterocycles. The van der Waals surface area contributed by atoms with Crippen LogP contribution in [0.3, 0.4) is 0 Å². The van der Waals surface area contributed by atoms with Gasteiger partial charge in [0.05, 0.1) is 0 Å². The number of aromatic hydroxyl groups is 3. The summed E-state index contributed by atoms with van der Waals surface area (Å²) < 4.78 is 0. The number of hydrogen-bond acceptors (Lipinski definition) is 3. The highest BCUT2D eigenvalue weighted by Gasteiger charge is 2.17. The first kappa shape index (κ1) is 26.3. The van der Waals surface area contributed by atoms with Gasteiger partial charge in [0, 0.05) is 0 Å². The molecule has 0 fully saturated rings. The molecule has 3 heteroatoms. The van der Waals surface area contributed by atoms with Crippen molar-refractivity contribution in [3.63, 3.8) is 0 Å². The fourth-order valence-corrected chi connectivity index (χ4v) is 4.37. The summed E-state index contributed by atoms with van der Waals surface area (Å²) in [6.07, 6.45) is 0. The van der Waals surface area contributed by atoms with Crippen LogP contribution in [0.15, 0.2) is 42.5 Å². The molecular weight excluding hydrogens is 408 g/mol. The maximum atomic E-state index is 10.2. The molecule has 0 aliphatic rings. The Kier molecular flexibility index (Phi) is 8.60. The Labute approximate surface area is 199 Å². The van der Waals surface area contributed by atoms with Gasteiger partial charge >= 0.3 is 0 Å². The summed E-state index contributed by atoms with van der Waals surface area (Å²) in [6.45, 7) is 18.8. The molecule has 0 unspecified atom stereocenters. The highest BCUT2D eigenvalue weighted by atomic mass is 16.3. The van der Waals surface area contributed by atoms with Crippen molar-refractivity contribution in [3.8, 4) is 28.4 Å². The Hall–Kier alpha value is -2.94. The predicted octanol–water partition coefficient (Wildman–Crippen LogP) is 8.45. The molecular formula is C30H40O3. The normalized spacial score (nSPS) is 11.2. The van der Waals surface area contributed by atoms with E-state index in [1.807, 2.05) is 45.0 Å². The van der Waals surface area contributed by atoms with Crippen LogP contribution in [-0.4, -0.2) is 15.3 Å². The number of hydrogen-bond donors (Lipinski definition) is 3. The smallest absolute Gasteiger partial charge is 0.119 e. The topological polar surface area (TPSA) is 60.7 Å². The lowest BCUT2D eigenvalue weighted by molar-refractivity contribution is 0.464. The van der Waals surface area contributed by atoms with Gasteiger partial charge in [0.2, 0.25) is 0 Å². The first-order valence-electron chi connectivity index (χ1n) is 11.8. The molecule has 0 saturated heterocycles. The fraction of sp³-hybridized carbons (Fsp3) is 0.400. The van der Waals surface area contributed by atoms with Crippen LogP contribution in [0.25, 0.3) is 11.1 Å². The third-order valence-corrected chi connectivity index (χ3v) is 6.11. The summed E-state index contributed by atoms with van der Waals surface area (Å²) in [6, 6.07) is 13.1. The van der Waals surface area contributed by atoms with Gasteiger partial charge in [0.15, 0.2) is 0 Å². The zero-order chi connectivity index (χ0) is 25.0. The second-order valence-electron chi connectivity index (χ2n) is 9.96. The second-order valence-corrected chi connectivity index (χ2v) is 9.96. The van der Waals surface area contributed by atoms with E-state index in [2.05, 4.69) is 47.6 Å². The minimum atomic E-state index is 0.263. The lowest BCUT2D eigenvalue weighted by Gasteiger charge is -2.20. The van der Waals surface area contributed by atoms with Gasteiger partial charge in [-0.1, -0.05) is 47.6 Å². The summed E-state index contributed by atoms with van der Waals surface area (Å²) in [7, 11) is 0. The van der Waals surface area contributed by atoms with Crippen molar-refractivity contribution in [1.82, 2.24) is 0 Å². The van der Waals surface area contributed by atoms with Gasteiger partial charge in [-0.05, 0) is 119 Å². The van der Waals surface area contributed by atoms with Crippen molar-refractivity contribution in [2.24, 2.45) is 0 Å². The molecule has 0 atom stereocenters. The predicted molar refractivity (Wildman–Crippen MR) is 140 cm³/mol. The standard InChI is InChI=1S/C20H26O2.C10H14O/c1-11(2)16-10-18(13(5)8-19(16)22)20-14(6)7-15(21)9-17(20)12(3)4;1-7(2)10-5-4-9(11)6-8(10)3/h7-12,21-22H,1-6H3;4-7,11H,1-3H3. The number of phenols is 3. The van der Waals surface area contributed by atoms with Gasteiger partial charge in [0.1, 0.15) is 17.2 Å². The summed E-state index contributed by atoms with van der Waals surface area (Å²) in [4.78, 5) is 0. The molecule has 0 saturated carbocycles. The van der Waals surface area contributed by atoms with E-state index in [9.17, 15) is 10.2 Å². The highest BCUT2D eigenvalue weighted by molar-refractivity contribution is 5.77. The molecule has 3 aromatic rings. The quantitative estimate of drug-likeness (QED) is 0.375. The summed E-state index contributed by atoms with van der Waals surface area (Å²) in [5.41, 5.74) is 9.01. The van der Waals surface area contributed by atoms with E-state index in [-0.39, 0.29) is 5.92 Å². The maximum Gasteiger partial charge on any atom is 0.119 e. The molecule has 3 rings (SSSR count). The van der Waals surface area contributed by atoms with Crippen molar-refractivity contribution in [3.05, 3.63) is 75.8 Å². The number of benzene rings is 3. The average Bonchev–Trinajstić information content (AvgIpc) is 2.68. The highest BCUT2D eigenvalue weighted by Crippen LogP contribution is 2.40. The van der Waals surface area contributed by atoms with Crippen molar-refractivity contribution < 1.29 is 15.3 Å². The van der Waals surface area contributed by atoms with Crippen LogP contribution < -0.4 is 0 Å². The first-order chi connectivity index (χ1) is 15.3. The van der Waals surface area contributed by atoms with Crippen LogP contribution in [0.4, 0.5) is 0 Å². The Morgan fingerprint density at radius 1 is 0.515 bits per heavy atom. The molecule has 178 valence electrons. The molecule has 0 heterocycles. The van der Waals surface area contributed by atoms with Gasteiger partial charge < -0.3 is 15.3 Å². The molecule has 0 aromatic heterocycles. The van der Waals surface area contributed by atoms with E-state index in [1.54, 1.807) is 12.1 Å². The number of phenolic OH excluding ortho intramolecular Hbond substituents is 3. The van der Waals surface area contributed by atoms with Crippen molar-refractivity contribution in [2.45, 2.75) is 80.1 Å². The van der Waals surface area contributed by atoms with Gasteiger partial charge in [-0.2, -0.15) is 0 Å². The van der Waals surface area contributed by atoms with Crippen molar-refractivity contribution >= 4 is 0 Å². The molecule has 0 spiro atoms. The van der Waals surface area contributed by atoms with E-state index in [1.165, 1.54) is 16.7 Å². The Bertz CT molecular complexity index is 1110. The van der Waals surface area contributed by atoms with Gasteiger partial charge in [-0.25, -0.2) is 0 Å². The SMILES string of the molecule is Cc1cc(O)c(C(C)C)cc1-c1c(C)cc(O)cc1C(C)C.Cc1cc(O)ccc1C(C)C. The van der Waals surface area contributed by atoms with Crippen molar-refractivity contribution in [1.29, 1.82) is 0 Å². The van der Waals surface area contributed by atoms with Crippen molar-refractivity contribution in [2.75, 3.05) is 0 Å². The van der Waals surface area contributed by atoms with Gasteiger partial charge in [-0.3, -0.25) is 0 Å². The second kappa shape index (κ2) is 10.8. The van der Waals surface area contributed by atoms with Crippen LogP contribution in [0.2, 0.25) is 0 Å². The van der Waals surface area contributed by atoms with Crippen LogP contribution in [0.1, 0.15) is 92.7 Å². The third-order valence-electron chi connectivity index (χ3n) is 6.11. The Morgan fingerprint density at radius 3 is 1.58 bits per heavy atom. The van der Waals surface area contributed by atoms with E-state index in [0.717, 1.165) is 27.8 Å². The molecule has 0 radical (unpaired) electrons. The molecule has 3 nitrogen and oxygen atoms in total. The van der Waals surface area contributed by atoms with Crippen LogP contribution >= 0.6 is 0 Å². The third kappa shape index (κ3) is 6.31. The maximum absolute atomic E-state index is 10.2. The van der Waals surface area contributed by atoms with E-state index >= 15 is 0 Å². The molecule has 3 aromatic carbocycles. The molecule has 3 N–H and O–H groups in total. The Morgan fingerprint density at radius 2 is 1.06 bits per heavy atom. The van der Waals surface area contributed by atoms with Gasteiger partial charge in [-0.15, -0.1) is 0 Å². The summed E-state index contributed by atoms with van der Waals surface area (Å²) in [5, 5.41) is 29.2. The monoisotopic (exact) mass is 448 g/mol. The van der Waals surface area contributed by atoms with Gasteiger partial charge in [0.25, 0.3) is 0 Å². The van der Waals surface area contributed by atoms with Crippen LogP contribution in [-0.2, 0) is 0 Å². The number of rotatable bonds is 4. The zero-order valence-corrected chi connectivity index (χ0v) is 21.6. The van der Waals surface area contributed by atoms with E-state index in [0.29, 0.717) is 29.1 Å². The first-order valence-corrected chi connectivity index (χ1v) is 11.8. The molecule has 0 amide bonds. The lowest BCUT2D eigenvalue weighted by atomic mass is 9.85. The minimum Gasteiger partial charge on any atom is -0.508 e. The van der Waals surface area contributed by atoms with Crippen LogP contribution in [0, 0.1) is 20.8 Å². The fourth-order valence-electron chi connectivity index (χ4n) is 4.37. The van der Waals surface area contributed by atoms with Crippen LogP contribution in [0.5, 0.6) is 17.2 Å². The minimum absolute atomic E-state index is 0.263. The molecule has 0 aliphatic carbocycles. The zero-order valence-electron chi connectivity index (χ0n) is 21.6. The summed E-state index contributed by atoms with van der Waals surface area (Å²) >= 11 is 0. The lowest BCUT2D eigenvalue weighted by Crippen LogP contribution is -1.99. The van der Waals surface area contributed by atoms with E-state index < -0.39 is 0 Å². The average molecular weight is 449 g/mol.